The average Bonchev–Trinajstić information content (AvgIpc) is 3.07. The number of alkyl halides is 3. The van der Waals surface area contributed by atoms with Crippen molar-refractivity contribution in [3.05, 3.63) is 81.8 Å². The first-order valence-electron chi connectivity index (χ1n) is 11.2. The molecule has 34 heavy (non-hydrogen) atoms. The van der Waals surface area contributed by atoms with Crippen LogP contribution in [-0.2, 0) is 25.6 Å². The molecule has 2 aromatic carbocycles. The molecule has 3 aromatic rings. The van der Waals surface area contributed by atoms with Gasteiger partial charge in [0.1, 0.15) is 17.1 Å². The summed E-state index contributed by atoms with van der Waals surface area (Å²) < 4.78 is 46.5. The zero-order valence-corrected chi connectivity index (χ0v) is 19.4. The van der Waals surface area contributed by atoms with Gasteiger partial charge in [0, 0.05) is 26.2 Å². The number of amides is 1. The number of aryl methyl sites for hydroxylation is 4. The number of aromatic nitrogens is 2. The Balaban J connectivity index is 1.51. The molecule has 0 N–H and O–H groups in total. The smallest absolute Gasteiger partial charge is 0.423 e. The van der Waals surface area contributed by atoms with Crippen LogP contribution in [0.1, 0.15) is 56.8 Å². The van der Waals surface area contributed by atoms with Gasteiger partial charge in [0.2, 0.25) is 5.88 Å². The second kappa shape index (κ2) is 9.44. The highest BCUT2D eigenvalue weighted by atomic mass is 19.4. The van der Waals surface area contributed by atoms with Gasteiger partial charge in [0.25, 0.3) is 5.91 Å². The van der Waals surface area contributed by atoms with Crippen LogP contribution in [0.4, 0.5) is 13.2 Å². The SMILES string of the molecule is Cc1ccc(CCCCc2ncc(C(F)(F)F)c(Oc3cccc4c3C(=O)N(C)C4)n2)cc1C. The van der Waals surface area contributed by atoms with E-state index < -0.39 is 17.6 Å². The van der Waals surface area contributed by atoms with Crippen LogP contribution < -0.4 is 4.74 Å². The molecule has 1 amide bonds. The topological polar surface area (TPSA) is 55.3 Å². The molecule has 0 unspecified atom stereocenters. The fraction of sp³-hybridized carbons (Fsp3) is 0.346. The lowest BCUT2D eigenvalue weighted by atomic mass is 10.0. The summed E-state index contributed by atoms with van der Waals surface area (Å²) in [7, 11) is 1.63. The van der Waals surface area contributed by atoms with Crippen molar-refractivity contribution in [2.45, 2.75) is 52.3 Å². The van der Waals surface area contributed by atoms with Gasteiger partial charge in [-0.3, -0.25) is 4.79 Å². The van der Waals surface area contributed by atoms with Gasteiger partial charge in [-0.15, -0.1) is 0 Å². The summed E-state index contributed by atoms with van der Waals surface area (Å²) in [5, 5.41) is 0. The Bertz CT molecular complexity index is 1220. The van der Waals surface area contributed by atoms with E-state index in [2.05, 4.69) is 42.0 Å². The van der Waals surface area contributed by atoms with Gasteiger partial charge in [-0.1, -0.05) is 30.3 Å². The maximum atomic E-state index is 13.6. The maximum absolute atomic E-state index is 13.6. The molecule has 4 rings (SSSR count). The first-order valence-corrected chi connectivity index (χ1v) is 11.2. The summed E-state index contributed by atoms with van der Waals surface area (Å²) in [5.41, 5.74) is 3.62. The number of unbranched alkanes of at least 4 members (excludes halogenated alkanes) is 1. The quantitative estimate of drug-likeness (QED) is 0.395. The third kappa shape index (κ3) is 5.05. The number of rotatable bonds is 7. The number of nitrogens with zero attached hydrogens (tertiary/aromatic N) is 3. The molecule has 178 valence electrons. The highest BCUT2D eigenvalue weighted by Gasteiger charge is 2.37. The van der Waals surface area contributed by atoms with E-state index in [4.69, 9.17) is 4.74 Å². The van der Waals surface area contributed by atoms with Gasteiger partial charge in [0.05, 0.1) is 5.56 Å². The van der Waals surface area contributed by atoms with E-state index in [1.54, 1.807) is 19.2 Å². The van der Waals surface area contributed by atoms with Crippen molar-refractivity contribution < 1.29 is 22.7 Å². The monoisotopic (exact) mass is 469 g/mol. The lowest BCUT2D eigenvalue weighted by molar-refractivity contribution is -0.139. The second-order valence-electron chi connectivity index (χ2n) is 8.68. The van der Waals surface area contributed by atoms with Crippen molar-refractivity contribution in [1.29, 1.82) is 0 Å². The minimum atomic E-state index is -4.68. The number of ether oxygens (including phenoxy) is 1. The molecule has 0 spiro atoms. The van der Waals surface area contributed by atoms with Crippen LogP contribution in [0.25, 0.3) is 0 Å². The molecule has 0 saturated heterocycles. The molecule has 1 aromatic heterocycles. The second-order valence-corrected chi connectivity index (χ2v) is 8.68. The Labute approximate surface area is 196 Å². The molecule has 1 aliphatic heterocycles. The minimum absolute atomic E-state index is 0.0664. The number of hydrogen-bond donors (Lipinski definition) is 0. The number of hydrogen-bond acceptors (Lipinski definition) is 4. The first-order chi connectivity index (χ1) is 16.1. The lowest BCUT2D eigenvalue weighted by Crippen LogP contribution is -2.18. The first kappa shape index (κ1) is 23.7. The van der Waals surface area contributed by atoms with E-state index >= 15 is 0 Å². The molecule has 8 heteroatoms. The Morgan fingerprint density at radius 2 is 1.82 bits per heavy atom. The highest BCUT2D eigenvalue weighted by molar-refractivity contribution is 6.00. The zero-order valence-electron chi connectivity index (χ0n) is 19.4. The number of benzene rings is 2. The van der Waals surface area contributed by atoms with E-state index in [-0.39, 0.29) is 23.0 Å². The number of carbonyl (C=O) groups is 1. The van der Waals surface area contributed by atoms with Crippen molar-refractivity contribution in [2.75, 3.05) is 7.05 Å². The van der Waals surface area contributed by atoms with Crippen molar-refractivity contribution in [3.63, 3.8) is 0 Å². The Kier molecular flexibility index (Phi) is 6.59. The Morgan fingerprint density at radius 1 is 1.06 bits per heavy atom. The molecule has 0 radical (unpaired) electrons. The Morgan fingerprint density at radius 3 is 2.56 bits per heavy atom. The predicted octanol–water partition coefficient (Wildman–Crippen LogP) is 6.06. The van der Waals surface area contributed by atoms with E-state index in [0.29, 0.717) is 18.5 Å². The van der Waals surface area contributed by atoms with Crippen molar-refractivity contribution in [3.8, 4) is 11.6 Å². The van der Waals surface area contributed by atoms with Crippen molar-refractivity contribution >= 4 is 5.91 Å². The highest BCUT2D eigenvalue weighted by Crippen LogP contribution is 2.39. The van der Waals surface area contributed by atoms with Gasteiger partial charge in [-0.05, 0) is 61.4 Å². The molecule has 2 heterocycles. The zero-order chi connectivity index (χ0) is 24.5. The van der Waals surface area contributed by atoms with Gasteiger partial charge >= 0.3 is 6.18 Å². The van der Waals surface area contributed by atoms with E-state index in [1.807, 2.05) is 0 Å². The molecule has 0 fully saturated rings. The third-order valence-corrected chi connectivity index (χ3v) is 6.08. The van der Waals surface area contributed by atoms with Gasteiger partial charge in [0.15, 0.2) is 0 Å². The van der Waals surface area contributed by atoms with Crippen LogP contribution in [0, 0.1) is 13.8 Å². The third-order valence-electron chi connectivity index (χ3n) is 6.08. The fourth-order valence-corrected chi connectivity index (χ4v) is 4.02. The molecule has 0 aliphatic carbocycles. The lowest BCUT2D eigenvalue weighted by Gasteiger charge is -2.15. The molecular formula is C26H26F3N3O2. The molecular weight excluding hydrogens is 443 g/mol. The van der Waals surface area contributed by atoms with Crippen LogP contribution >= 0.6 is 0 Å². The van der Waals surface area contributed by atoms with Crippen LogP contribution in [0.2, 0.25) is 0 Å². The van der Waals surface area contributed by atoms with Gasteiger partial charge in [-0.25, -0.2) is 4.98 Å². The molecule has 0 atom stereocenters. The molecule has 5 nitrogen and oxygen atoms in total. The van der Waals surface area contributed by atoms with Crippen LogP contribution in [0.5, 0.6) is 11.6 Å². The number of fused-ring (bicyclic) bond motifs is 1. The molecule has 0 saturated carbocycles. The molecule has 1 aliphatic rings. The summed E-state index contributed by atoms with van der Waals surface area (Å²) in [4.78, 5) is 22.0. The van der Waals surface area contributed by atoms with E-state index in [9.17, 15) is 18.0 Å². The number of carbonyl (C=O) groups excluding carboxylic acids is 1. The summed E-state index contributed by atoms with van der Waals surface area (Å²) in [6, 6.07) is 11.3. The summed E-state index contributed by atoms with van der Waals surface area (Å²) in [6.07, 6.45) is -1.04. The van der Waals surface area contributed by atoms with Crippen molar-refractivity contribution in [2.24, 2.45) is 0 Å². The van der Waals surface area contributed by atoms with Crippen LogP contribution in [-0.4, -0.2) is 27.8 Å². The van der Waals surface area contributed by atoms with E-state index in [0.717, 1.165) is 25.5 Å². The Hall–Kier alpha value is -3.42. The van der Waals surface area contributed by atoms with Gasteiger partial charge < -0.3 is 9.64 Å². The predicted molar refractivity (Wildman–Crippen MR) is 122 cm³/mol. The minimum Gasteiger partial charge on any atom is -0.437 e. The standard InChI is InChI=1S/C26H26F3N3O2/c1-16-11-12-18(13-17(16)2)7-4-5-10-22-30-14-20(26(27,28)29)24(31-22)34-21-9-6-8-19-15-32(3)25(33)23(19)21/h6,8-9,11-14H,4-5,7,10,15H2,1-3H3. The molecule has 0 bridgehead atoms. The fourth-order valence-electron chi connectivity index (χ4n) is 4.02. The number of halogens is 3. The van der Waals surface area contributed by atoms with Crippen molar-refractivity contribution in [1.82, 2.24) is 14.9 Å². The van der Waals surface area contributed by atoms with Crippen LogP contribution in [0.15, 0.2) is 42.6 Å². The summed E-state index contributed by atoms with van der Waals surface area (Å²) >= 11 is 0. The van der Waals surface area contributed by atoms with Gasteiger partial charge in [-0.2, -0.15) is 18.2 Å². The normalized spacial score (nSPS) is 13.4. The maximum Gasteiger partial charge on any atom is 0.423 e. The summed E-state index contributed by atoms with van der Waals surface area (Å²) in [6.45, 7) is 4.52. The van der Waals surface area contributed by atoms with E-state index in [1.165, 1.54) is 27.7 Å². The average molecular weight is 470 g/mol. The largest absolute Gasteiger partial charge is 0.437 e. The summed E-state index contributed by atoms with van der Waals surface area (Å²) in [5.74, 6) is -0.530. The van der Waals surface area contributed by atoms with Crippen LogP contribution in [0.3, 0.4) is 0 Å².